The largest absolute Gasteiger partial charge is 0.417 e. The van der Waals surface area contributed by atoms with Crippen molar-refractivity contribution in [2.24, 2.45) is 0 Å². The van der Waals surface area contributed by atoms with Crippen molar-refractivity contribution >= 4 is 23.4 Å². The average molecular weight is 322 g/mol. The van der Waals surface area contributed by atoms with Crippen LogP contribution in [0.1, 0.15) is 18.2 Å². The Bertz CT molecular complexity index is 550. The quantitative estimate of drug-likeness (QED) is 0.802. The van der Waals surface area contributed by atoms with E-state index in [0.29, 0.717) is 17.4 Å². The summed E-state index contributed by atoms with van der Waals surface area (Å²) in [6.45, 7) is 1.49. The number of hydrogen-bond acceptors (Lipinski definition) is 4. The number of benzene rings is 1. The van der Waals surface area contributed by atoms with Crippen LogP contribution in [0.15, 0.2) is 24.3 Å². The smallest absolute Gasteiger partial charge is 0.410 e. The minimum absolute atomic E-state index is 0.320. The van der Waals surface area contributed by atoms with Gasteiger partial charge < -0.3 is 20.3 Å². The number of carbonyl (C=O) groups is 1. The molecule has 120 valence electrons. The Morgan fingerprint density at radius 3 is 2.82 bits per heavy atom. The summed E-state index contributed by atoms with van der Waals surface area (Å²) in [5.74, 6) is 0.577. The van der Waals surface area contributed by atoms with Crippen LogP contribution in [0.4, 0.5) is 4.79 Å². The van der Waals surface area contributed by atoms with Crippen LogP contribution in [0.25, 0.3) is 0 Å². The van der Waals surface area contributed by atoms with Gasteiger partial charge in [-0.3, -0.25) is 4.90 Å². The maximum Gasteiger partial charge on any atom is 0.417 e. The van der Waals surface area contributed by atoms with Gasteiger partial charge in [-0.05, 0) is 45.3 Å². The third-order valence-electron chi connectivity index (χ3n) is 3.46. The lowest BCUT2D eigenvalue weighted by Gasteiger charge is -2.37. The Labute approximate surface area is 136 Å². The van der Waals surface area contributed by atoms with Gasteiger partial charge in [0.05, 0.1) is 0 Å². The number of para-hydroxylation sites is 1. The van der Waals surface area contributed by atoms with E-state index >= 15 is 0 Å². The summed E-state index contributed by atoms with van der Waals surface area (Å²) in [6.07, 6.45) is 0.183. The first-order valence-electron chi connectivity index (χ1n) is 7.23. The van der Waals surface area contributed by atoms with Crippen molar-refractivity contribution in [1.82, 2.24) is 20.4 Å². The van der Waals surface area contributed by atoms with E-state index in [1.54, 1.807) is 18.0 Å². The van der Waals surface area contributed by atoms with Crippen LogP contribution in [0.3, 0.4) is 0 Å². The third-order valence-corrected chi connectivity index (χ3v) is 3.78. The first-order chi connectivity index (χ1) is 10.5. The predicted molar refractivity (Wildman–Crippen MR) is 89.9 cm³/mol. The van der Waals surface area contributed by atoms with Crippen molar-refractivity contribution in [1.29, 1.82) is 0 Å². The Hall–Kier alpha value is -1.86. The fraction of sp³-hybridized carbons (Fsp3) is 0.467. The minimum atomic E-state index is -0.353. The van der Waals surface area contributed by atoms with Crippen LogP contribution in [0.5, 0.6) is 5.75 Å². The fourth-order valence-corrected chi connectivity index (χ4v) is 2.47. The van der Waals surface area contributed by atoms with Gasteiger partial charge in [-0.15, -0.1) is 0 Å². The number of nitrogens with one attached hydrogen (secondary N) is 2. The topological polar surface area (TPSA) is 56.8 Å². The third kappa shape index (κ3) is 3.86. The van der Waals surface area contributed by atoms with Crippen molar-refractivity contribution < 1.29 is 9.53 Å². The summed E-state index contributed by atoms with van der Waals surface area (Å²) in [5.41, 5.74) is 0.907. The molecule has 1 aliphatic rings. The van der Waals surface area contributed by atoms with Gasteiger partial charge >= 0.3 is 6.09 Å². The van der Waals surface area contributed by atoms with E-state index in [0.717, 1.165) is 18.5 Å². The van der Waals surface area contributed by atoms with Gasteiger partial charge in [0.2, 0.25) is 0 Å². The monoisotopic (exact) mass is 322 g/mol. The van der Waals surface area contributed by atoms with Gasteiger partial charge in [0.1, 0.15) is 11.9 Å². The number of fused-ring (bicyclic) bond motifs is 1. The number of amides is 1. The molecule has 22 heavy (non-hydrogen) atoms. The summed E-state index contributed by atoms with van der Waals surface area (Å²) in [4.78, 5) is 16.1. The minimum Gasteiger partial charge on any atom is -0.410 e. The first-order valence-corrected chi connectivity index (χ1v) is 7.64. The molecule has 7 heteroatoms. The van der Waals surface area contributed by atoms with E-state index in [2.05, 4.69) is 15.5 Å². The first kappa shape index (κ1) is 16.5. The van der Waals surface area contributed by atoms with E-state index in [1.807, 2.05) is 32.3 Å². The van der Waals surface area contributed by atoms with Gasteiger partial charge in [-0.2, -0.15) is 0 Å². The summed E-state index contributed by atoms with van der Waals surface area (Å²) in [6, 6.07) is 7.51. The van der Waals surface area contributed by atoms with Crippen LogP contribution >= 0.6 is 12.2 Å². The second-order valence-electron chi connectivity index (χ2n) is 5.38. The second-order valence-corrected chi connectivity index (χ2v) is 5.79. The van der Waals surface area contributed by atoms with Crippen molar-refractivity contribution in [2.75, 3.05) is 34.2 Å². The molecule has 0 saturated heterocycles. The van der Waals surface area contributed by atoms with E-state index in [-0.39, 0.29) is 12.3 Å². The van der Waals surface area contributed by atoms with Crippen molar-refractivity contribution in [3.05, 3.63) is 29.8 Å². The molecule has 6 nitrogen and oxygen atoms in total. The normalized spacial score (nSPS) is 17.0. The number of thiocarbonyl (C=S) groups is 1. The zero-order valence-corrected chi connectivity index (χ0v) is 13.9. The van der Waals surface area contributed by atoms with Crippen molar-refractivity contribution in [3.63, 3.8) is 0 Å². The Morgan fingerprint density at radius 1 is 1.41 bits per heavy atom. The van der Waals surface area contributed by atoms with Gasteiger partial charge in [-0.1, -0.05) is 18.2 Å². The molecule has 1 atom stereocenters. The molecule has 1 unspecified atom stereocenters. The SMILES string of the molecule is CNC(=S)NC1c2ccccc2OC(=O)N1CCCN(C)C. The lowest BCUT2D eigenvalue weighted by molar-refractivity contribution is 0.109. The Kier molecular flexibility index (Phi) is 5.57. The molecule has 0 spiro atoms. The number of hydrogen-bond donors (Lipinski definition) is 2. The summed E-state index contributed by atoms with van der Waals surface area (Å²) >= 11 is 5.20. The summed E-state index contributed by atoms with van der Waals surface area (Å²) in [5, 5.41) is 6.55. The highest BCUT2D eigenvalue weighted by atomic mass is 32.1. The molecule has 0 aliphatic carbocycles. The van der Waals surface area contributed by atoms with E-state index < -0.39 is 0 Å². The molecule has 0 saturated carbocycles. The van der Waals surface area contributed by atoms with Gasteiger partial charge in [-0.25, -0.2) is 4.79 Å². The van der Waals surface area contributed by atoms with E-state index in [4.69, 9.17) is 17.0 Å². The molecule has 1 heterocycles. The van der Waals surface area contributed by atoms with Gasteiger partial charge in [0.15, 0.2) is 5.11 Å². The molecule has 2 rings (SSSR count). The fourth-order valence-electron chi connectivity index (χ4n) is 2.36. The zero-order chi connectivity index (χ0) is 16.1. The number of ether oxygens (including phenoxy) is 1. The van der Waals surface area contributed by atoms with Crippen LogP contribution < -0.4 is 15.4 Å². The Morgan fingerprint density at radius 2 is 2.14 bits per heavy atom. The molecular weight excluding hydrogens is 300 g/mol. The summed E-state index contributed by atoms with van der Waals surface area (Å²) < 4.78 is 5.42. The standard InChI is InChI=1S/C15H22N4O2S/c1-16-14(22)17-13-11-7-4-5-8-12(11)21-15(20)19(13)10-6-9-18(2)3/h4-5,7-8,13H,6,9-10H2,1-3H3,(H2,16,17,22). The van der Waals surface area contributed by atoms with Crippen LogP contribution in [-0.2, 0) is 0 Å². The van der Waals surface area contributed by atoms with Crippen molar-refractivity contribution in [2.45, 2.75) is 12.6 Å². The molecule has 0 aromatic heterocycles. The predicted octanol–water partition coefficient (Wildman–Crippen LogP) is 1.55. The molecule has 0 bridgehead atoms. The van der Waals surface area contributed by atoms with Crippen molar-refractivity contribution in [3.8, 4) is 5.75 Å². The number of carbonyl (C=O) groups excluding carboxylic acids is 1. The Balaban J connectivity index is 2.21. The second kappa shape index (κ2) is 7.42. The average Bonchev–Trinajstić information content (AvgIpc) is 2.49. The maximum atomic E-state index is 12.3. The van der Waals surface area contributed by atoms with Gasteiger partial charge in [0, 0.05) is 19.2 Å². The molecule has 1 aromatic carbocycles. The van der Waals surface area contributed by atoms with E-state index in [9.17, 15) is 4.79 Å². The summed E-state index contributed by atoms with van der Waals surface area (Å²) in [7, 11) is 5.77. The van der Waals surface area contributed by atoms with Crippen LogP contribution in [0.2, 0.25) is 0 Å². The maximum absolute atomic E-state index is 12.3. The van der Waals surface area contributed by atoms with Gasteiger partial charge in [0.25, 0.3) is 0 Å². The number of rotatable bonds is 5. The van der Waals surface area contributed by atoms with Crippen LogP contribution in [-0.4, -0.2) is 55.2 Å². The molecule has 0 fully saturated rings. The molecule has 1 aliphatic heterocycles. The highest BCUT2D eigenvalue weighted by Crippen LogP contribution is 2.33. The number of nitrogens with zero attached hydrogens (tertiary/aromatic N) is 2. The molecular formula is C15H22N4O2S. The molecule has 0 radical (unpaired) electrons. The highest BCUT2D eigenvalue weighted by Gasteiger charge is 2.34. The lowest BCUT2D eigenvalue weighted by atomic mass is 10.1. The van der Waals surface area contributed by atoms with E-state index in [1.165, 1.54) is 0 Å². The zero-order valence-electron chi connectivity index (χ0n) is 13.1. The molecule has 2 N–H and O–H groups in total. The van der Waals surface area contributed by atoms with Crippen LogP contribution in [0, 0.1) is 0 Å². The molecule has 1 aromatic rings. The highest BCUT2D eigenvalue weighted by molar-refractivity contribution is 7.80. The lowest BCUT2D eigenvalue weighted by Crippen LogP contribution is -2.50. The molecule has 1 amide bonds.